The number of fused-ring (bicyclic) bond motifs is 1. The molecule has 1 N–H and O–H groups in total. The van der Waals surface area contributed by atoms with Gasteiger partial charge >= 0.3 is 0 Å². The number of rotatable bonds is 4. The van der Waals surface area contributed by atoms with E-state index in [1.165, 1.54) is 11.8 Å². The van der Waals surface area contributed by atoms with Crippen molar-refractivity contribution < 1.29 is 4.79 Å². The summed E-state index contributed by atoms with van der Waals surface area (Å²) in [7, 11) is 0. The zero-order chi connectivity index (χ0) is 17.5. The maximum Gasteiger partial charge on any atom is 0.262 e. The van der Waals surface area contributed by atoms with Crippen LogP contribution in [0, 0.1) is 0 Å². The molecule has 1 aromatic heterocycles. The van der Waals surface area contributed by atoms with E-state index in [-0.39, 0.29) is 28.3 Å². The fraction of sp³-hybridized carbons (Fsp3) is 0.500. The molecule has 0 spiro atoms. The summed E-state index contributed by atoms with van der Waals surface area (Å²) in [5, 5.41) is 3.94. The second-order valence-electron chi connectivity index (χ2n) is 7.32. The van der Waals surface area contributed by atoms with Gasteiger partial charge in [0.1, 0.15) is 0 Å². The van der Waals surface area contributed by atoms with Crippen molar-refractivity contribution in [1.29, 1.82) is 0 Å². The second kappa shape index (κ2) is 6.24. The van der Waals surface area contributed by atoms with Crippen LogP contribution in [0.1, 0.15) is 46.6 Å². The number of nitrogens with one attached hydrogen (secondary N) is 1. The number of carbonyl (C=O) groups is 1. The van der Waals surface area contributed by atoms with E-state index in [9.17, 15) is 9.59 Å². The van der Waals surface area contributed by atoms with E-state index in [1.807, 2.05) is 52.0 Å². The summed E-state index contributed by atoms with van der Waals surface area (Å²) in [5.41, 5.74) is 0.401. The van der Waals surface area contributed by atoms with Gasteiger partial charge in [-0.15, -0.1) is 0 Å². The maximum absolute atomic E-state index is 12.8. The van der Waals surface area contributed by atoms with Gasteiger partial charge in [0, 0.05) is 11.6 Å². The number of hydrogen-bond donors (Lipinski definition) is 1. The molecule has 1 saturated carbocycles. The van der Waals surface area contributed by atoms with Crippen molar-refractivity contribution in [2.24, 2.45) is 0 Å². The minimum absolute atomic E-state index is 0.00553. The van der Waals surface area contributed by atoms with Gasteiger partial charge in [-0.05, 0) is 52.7 Å². The molecule has 1 heterocycles. The van der Waals surface area contributed by atoms with Crippen LogP contribution in [-0.2, 0) is 4.79 Å². The smallest absolute Gasteiger partial charge is 0.262 e. The third kappa shape index (κ3) is 3.64. The van der Waals surface area contributed by atoms with Crippen molar-refractivity contribution in [1.82, 2.24) is 14.9 Å². The van der Waals surface area contributed by atoms with Gasteiger partial charge in [-0.25, -0.2) is 4.98 Å². The van der Waals surface area contributed by atoms with Gasteiger partial charge in [-0.2, -0.15) is 0 Å². The highest BCUT2D eigenvalue weighted by molar-refractivity contribution is 8.00. The Morgan fingerprint density at radius 3 is 2.62 bits per heavy atom. The number of benzene rings is 1. The third-order valence-corrected chi connectivity index (χ3v) is 4.90. The lowest BCUT2D eigenvalue weighted by molar-refractivity contribution is -0.121. The van der Waals surface area contributed by atoms with Gasteiger partial charge in [0.15, 0.2) is 5.16 Å². The SMILES string of the molecule is C[C@@H](Sc1nc2ccccc2c(=O)n1C1CC1)C(=O)NC(C)(C)C. The summed E-state index contributed by atoms with van der Waals surface area (Å²) in [4.78, 5) is 29.8. The minimum atomic E-state index is -0.317. The van der Waals surface area contributed by atoms with E-state index in [0.29, 0.717) is 16.1 Å². The summed E-state index contributed by atoms with van der Waals surface area (Å²) in [6.07, 6.45) is 1.99. The molecule has 0 saturated heterocycles. The number of amides is 1. The van der Waals surface area contributed by atoms with Gasteiger partial charge in [0.05, 0.1) is 16.2 Å². The Bertz CT molecular complexity index is 834. The molecule has 1 amide bonds. The summed E-state index contributed by atoms with van der Waals surface area (Å²) < 4.78 is 1.77. The quantitative estimate of drug-likeness (QED) is 0.683. The van der Waals surface area contributed by atoms with Gasteiger partial charge in [-0.3, -0.25) is 14.2 Å². The van der Waals surface area contributed by atoms with E-state index in [1.54, 1.807) is 4.57 Å². The van der Waals surface area contributed by atoms with Crippen LogP contribution in [0.25, 0.3) is 10.9 Å². The van der Waals surface area contributed by atoms with Crippen LogP contribution in [0.15, 0.2) is 34.2 Å². The molecule has 0 aliphatic heterocycles. The number of para-hydroxylation sites is 1. The van der Waals surface area contributed by atoms with Crippen LogP contribution in [0.4, 0.5) is 0 Å². The van der Waals surface area contributed by atoms with E-state index in [4.69, 9.17) is 0 Å². The van der Waals surface area contributed by atoms with Crippen molar-refractivity contribution in [3.63, 3.8) is 0 Å². The normalized spacial score (nSPS) is 16.2. The van der Waals surface area contributed by atoms with Crippen molar-refractivity contribution in [3.8, 4) is 0 Å². The standard InChI is InChI=1S/C18H23N3O2S/c1-11(15(22)20-18(2,3)4)24-17-19-14-8-6-5-7-13(14)16(23)21(17)12-9-10-12/h5-8,11-12H,9-10H2,1-4H3,(H,20,22)/t11-/m1/s1. The van der Waals surface area contributed by atoms with E-state index in [0.717, 1.165) is 12.8 Å². The first-order valence-corrected chi connectivity index (χ1v) is 9.14. The third-order valence-electron chi connectivity index (χ3n) is 3.84. The lowest BCUT2D eigenvalue weighted by Gasteiger charge is -2.23. The number of aromatic nitrogens is 2. The van der Waals surface area contributed by atoms with Gasteiger partial charge in [-0.1, -0.05) is 23.9 Å². The predicted molar refractivity (Wildman–Crippen MR) is 97.5 cm³/mol. The van der Waals surface area contributed by atoms with Crippen LogP contribution in [0.5, 0.6) is 0 Å². The monoisotopic (exact) mass is 345 g/mol. The second-order valence-corrected chi connectivity index (χ2v) is 8.63. The molecule has 3 rings (SSSR count). The minimum Gasteiger partial charge on any atom is -0.351 e. The largest absolute Gasteiger partial charge is 0.351 e. The summed E-state index contributed by atoms with van der Waals surface area (Å²) in [6, 6.07) is 7.61. The molecule has 5 nitrogen and oxygen atoms in total. The van der Waals surface area contributed by atoms with Crippen LogP contribution in [0.2, 0.25) is 0 Å². The molecule has 128 valence electrons. The lowest BCUT2D eigenvalue weighted by atomic mass is 10.1. The molecule has 1 aliphatic carbocycles. The first-order valence-electron chi connectivity index (χ1n) is 8.26. The molecule has 0 radical (unpaired) electrons. The average Bonchev–Trinajstić information content (AvgIpc) is 3.30. The van der Waals surface area contributed by atoms with E-state index < -0.39 is 0 Å². The molecular weight excluding hydrogens is 322 g/mol. The lowest BCUT2D eigenvalue weighted by Crippen LogP contribution is -2.44. The highest BCUT2D eigenvalue weighted by Crippen LogP contribution is 2.37. The van der Waals surface area contributed by atoms with Gasteiger partial charge in [0.25, 0.3) is 5.56 Å². The van der Waals surface area contributed by atoms with E-state index >= 15 is 0 Å². The highest BCUT2D eigenvalue weighted by Gasteiger charge is 2.30. The summed E-state index contributed by atoms with van der Waals surface area (Å²) in [6.45, 7) is 7.72. The van der Waals surface area contributed by atoms with Gasteiger partial charge < -0.3 is 5.32 Å². The fourth-order valence-corrected chi connectivity index (χ4v) is 3.53. The Hall–Kier alpha value is -1.82. The number of nitrogens with zero attached hydrogens (tertiary/aromatic N) is 2. The van der Waals surface area contributed by atoms with E-state index in [2.05, 4.69) is 10.3 Å². The van der Waals surface area contributed by atoms with Crippen molar-refractivity contribution >= 4 is 28.6 Å². The molecule has 2 aromatic rings. The van der Waals surface area contributed by atoms with Crippen LogP contribution in [-0.4, -0.2) is 26.2 Å². The number of carbonyl (C=O) groups excluding carboxylic acids is 1. The van der Waals surface area contributed by atoms with Crippen LogP contribution < -0.4 is 10.9 Å². The Balaban J connectivity index is 1.95. The molecule has 1 aromatic carbocycles. The van der Waals surface area contributed by atoms with Crippen LogP contribution >= 0.6 is 11.8 Å². The van der Waals surface area contributed by atoms with Crippen molar-refractivity contribution in [2.45, 2.75) is 62.5 Å². The van der Waals surface area contributed by atoms with Crippen molar-refractivity contribution in [3.05, 3.63) is 34.6 Å². The summed E-state index contributed by atoms with van der Waals surface area (Å²) >= 11 is 1.36. The first-order chi connectivity index (χ1) is 11.3. The zero-order valence-corrected chi connectivity index (χ0v) is 15.3. The Morgan fingerprint density at radius 2 is 2.00 bits per heavy atom. The summed E-state index contributed by atoms with van der Waals surface area (Å²) in [5.74, 6) is -0.0442. The molecule has 1 aliphatic rings. The molecule has 0 bridgehead atoms. The topological polar surface area (TPSA) is 64.0 Å². The maximum atomic E-state index is 12.8. The first kappa shape index (κ1) is 17.0. The molecule has 24 heavy (non-hydrogen) atoms. The number of thioether (sulfide) groups is 1. The molecule has 0 unspecified atom stereocenters. The van der Waals surface area contributed by atoms with Gasteiger partial charge in [0.2, 0.25) is 5.91 Å². The zero-order valence-electron chi connectivity index (χ0n) is 14.5. The fourth-order valence-electron chi connectivity index (χ4n) is 2.55. The molecule has 1 fully saturated rings. The number of hydrogen-bond acceptors (Lipinski definition) is 4. The Kier molecular flexibility index (Phi) is 4.42. The predicted octanol–water partition coefficient (Wildman–Crippen LogP) is 3.13. The Morgan fingerprint density at radius 1 is 1.33 bits per heavy atom. The molecule has 1 atom stereocenters. The van der Waals surface area contributed by atoms with Crippen LogP contribution in [0.3, 0.4) is 0 Å². The Labute approximate surface area is 145 Å². The molecular formula is C18H23N3O2S. The average molecular weight is 345 g/mol. The molecule has 6 heteroatoms. The van der Waals surface area contributed by atoms with Crippen molar-refractivity contribution in [2.75, 3.05) is 0 Å². The highest BCUT2D eigenvalue weighted by atomic mass is 32.2.